The summed E-state index contributed by atoms with van der Waals surface area (Å²) < 4.78 is 4.86. The molecule has 1 aromatic carbocycles. The van der Waals surface area contributed by atoms with Gasteiger partial charge in [-0.15, -0.1) is 0 Å². The molecule has 4 heteroatoms. The monoisotopic (exact) mass is 195 g/mol. The normalized spacial score (nSPS) is 9.57. The molecule has 0 atom stereocenters. The van der Waals surface area contributed by atoms with Crippen molar-refractivity contribution in [3.63, 3.8) is 0 Å². The number of carbonyl (C=O) groups excluding carboxylic acids is 1. The van der Waals surface area contributed by atoms with Crippen LogP contribution in [0.15, 0.2) is 18.2 Å². The molecule has 1 aromatic rings. The number of methoxy groups -OCH3 is 1. The molecule has 0 aliphatic heterocycles. The minimum Gasteiger partial charge on any atom is -0.504 e. The van der Waals surface area contributed by atoms with Crippen LogP contribution in [0.5, 0.6) is 11.5 Å². The van der Waals surface area contributed by atoms with Crippen molar-refractivity contribution < 1.29 is 14.6 Å². The number of carbonyl (C=O) groups is 1. The van der Waals surface area contributed by atoms with Crippen molar-refractivity contribution in [2.45, 2.75) is 6.92 Å². The number of ether oxygens (including phenoxy) is 1. The van der Waals surface area contributed by atoms with E-state index in [-0.39, 0.29) is 11.7 Å². The molecule has 1 amide bonds. The van der Waals surface area contributed by atoms with Gasteiger partial charge in [-0.05, 0) is 25.1 Å². The van der Waals surface area contributed by atoms with Gasteiger partial charge < -0.3 is 15.2 Å². The molecule has 76 valence electrons. The second-order valence-electron chi connectivity index (χ2n) is 2.75. The molecule has 0 saturated carbocycles. The van der Waals surface area contributed by atoms with Crippen LogP contribution in [0.25, 0.3) is 0 Å². The highest BCUT2D eigenvalue weighted by Gasteiger charge is 2.07. The van der Waals surface area contributed by atoms with Crippen molar-refractivity contribution in [2.75, 3.05) is 13.7 Å². The zero-order valence-electron chi connectivity index (χ0n) is 8.20. The average molecular weight is 195 g/mol. The van der Waals surface area contributed by atoms with Crippen LogP contribution in [0, 0.1) is 0 Å². The number of amides is 1. The highest BCUT2D eigenvalue weighted by Crippen LogP contribution is 2.25. The van der Waals surface area contributed by atoms with Gasteiger partial charge in [0, 0.05) is 12.1 Å². The lowest BCUT2D eigenvalue weighted by atomic mass is 10.2. The second kappa shape index (κ2) is 4.50. The molecule has 0 heterocycles. The third-order valence-corrected chi connectivity index (χ3v) is 1.78. The molecule has 0 fully saturated rings. The van der Waals surface area contributed by atoms with E-state index in [1.807, 2.05) is 6.92 Å². The summed E-state index contributed by atoms with van der Waals surface area (Å²) in [4.78, 5) is 11.3. The van der Waals surface area contributed by atoms with Gasteiger partial charge in [-0.1, -0.05) is 0 Å². The fraction of sp³-hybridized carbons (Fsp3) is 0.300. The number of phenolic OH excluding ortho intramolecular Hbond substituents is 1. The Balaban J connectivity index is 2.91. The van der Waals surface area contributed by atoms with Crippen molar-refractivity contribution in [1.82, 2.24) is 5.32 Å². The highest BCUT2D eigenvalue weighted by molar-refractivity contribution is 5.94. The Labute approximate surface area is 82.5 Å². The number of rotatable bonds is 3. The number of hydrogen-bond donors (Lipinski definition) is 2. The Morgan fingerprint density at radius 1 is 1.57 bits per heavy atom. The molecule has 2 N–H and O–H groups in total. The standard InChI is InChI=1S/C10H13NO3/c1-3-11-10(13)7-4-5-9(14-2)8(12)6-7/h4-6,12H,3H2,1-2H3,(H,11,13). The predicted molar refractivity (Wildman–Crippen MR) is 52.7 cm³/mol. The summed E-state index contributed by atoms with van der Waals surface area (Å²) in [5.74, 6) is 0.125. The van der Waals surface area contributed by atoms with Crippen LogP contribution >= 0.6 is 0 Å². The minimum atomic E-state index is -0.203. The number of hydrogen-bond acceptors (Lipinski definition) is 3. The molecule has 0 aliphatic carbocycles. The molecular formula is C10H13NO3. The summed E-state index contributed by atoms with van der Waals surface area (Å²) >= 11 is 0. The quantitative estimate of drug-likeness (QED) is 0.760. The maximum Gasteiger partial charge on any atom is 0.251 e. The van der Waals surface area contributed by atoms with E-state index in [0.29, 0.717) is 17.9 Å². The van der Waals surface area contributed by atoms with Gasteiger partial charge in [-0.3, -0.25) is 4.79 Å². The van der Waals surface area contributed by atoms with Crippen molar-refractivity contribution >= 4 is 5.91 Å². The Morgan fingerprint density at radius 3 is 2.79 bits per heavy atom. The lowest BCUT2D eigenvalue weighted by Gasteiger charge is -2.05. The molecule has 0 radical (unpaired) electrons. The van der Waals surface area contributed by atoms with E-state index in [1.54, 1.807) is 12.1 Å². The first kappa shape index (κ1) is 10.4. The topological polar surface area (TPSA) is 58.6 Å². The van der Waals surface area contributed by atoms with E-state index < -0.39 is 0 Å². The first-order valence-electron chi connectivity index (χ1n) is 4.34. The molecule has 0 unspecified atom stereocenters. The molecule has 14 heavy (non-hydrogen) atoms. The van der Waals surface area contributed by atoms with Gasteiger partial charge in [0.2, 0.25) is 0 Å². The summed E-state index contributed by atoms with van der Waals surface area (Å²) in [7, 11) is 1.46. The van der Waals surface area contributed by atoms with Gasteiger partial charge in [-0.2, -0.15) is 0 Å². The van der Waals surface area contributed by atoms with Crippen molar-refractivity contribution in [3.8, 4) is 11.5 Å². The Morgan fingerprint density at radius 2 is 2.29 bits per heavy atom. The highest BCUT2D eigenvalue weighted by atomic mass is 16.5. The maximum atomic E-state index is 11.3. The van der Waals surface area contributed by atoms with Gasteiger partial charge in [0.05, 0.1) is 7.11 Å². The van der Waals surface area contributed by atoms with Crippen LogP contribution < -0.4 is 10.1 Å². The molecule has 1 rings (SSSR count). The van der Waals surface area contributed by atoms with Gasteiger partial charge in [0.15, 0.2) is 11.5 Å². The summed E-state index contributed by atoms with van der Waals surface area (Å²) in [6.07, 6.45) is 0. The first-order chi connectivity index (χ1) is 6.69. The van der Waals surface area contributed by atoms with Crippen LogP contribution in [0.3, 0.4) is 0 Å². The fourth-order valence-electron chi connectivity index (χ4n) is 1.09. The number of aromatic hydroxyl groups is 1. The lowest BCUT2D eigenvalue weighted by Crippen LogP contribution is -2.22. The van der Waals surface area contributed by atoms with E-state index in [9.17, 15) is 9.90 Å². The summed E-state index contributed by atoms with van der Waals surface area (Å²) in [6.45, 7) is 2.40. The van der Waals surface area contributed by atoms with E-state index in [0.717, 1.165) is 0 Å². The van der Waals surface area contributed by atoms with Crippen LogP contribution in [-0.4, -0.2) is 24.7 Å². The molecule has 4 nitrogen and oxygen atoms in total. The lowest BCUT2D eigenvalue weighted by molar-refractivity contribution is 0.0955. The number of nitrogens with one attached hydrogen (secondary N) is 1. The Hall–Kier alpha value is -1.71. The molecule has 0 aromatic heterocycles. The number of phenols is 1. The molecule has 0 aliphatic rings. The minimum absolute atomic E-state index is 0.0312. The van der Waals surface area contributed by atoms with E-state index in [1.165, 1.54) is 13.2 Å². The van der Waals surface area contributed by atoms with Crippen LogP contribution in [0.2, 0.25) is 0 Å². The van der Waals surface area contributed by atoms with Gasteiger partial charge in [0.25, 0.3) is 5.91 Å². The molecular weight excluding hydrogens is 182 g/mol. The van der Waals surface area contributed by atoms with Crippen molar-refractivity contribution in [2.24, 2.45) is 0 Å². The Bertz CT molecular complexity index is 336. The van der Waals surface area contributed by atoms with E-state index >= 15 is 0 Å². The Kier molecular flexibility index (Phi) is 3.34. The largest absolute Gasteiger partial charge is 0.504 e. The van der Waals surface area contributed by atoms with Crippen molar-refractivity contribution in [1.29, 1.82) is 0 Å². The van der Waals surface area contributed by atoms with Gasteiger partial charge in [0.1, 0.15) is 0 Å². The zero-order valence-corrected chi connectivity index (χ0v) is 8.20. The SMILES string of the molecule is CCNC(=O)c1ccc(OC)c(O)c1. The summed E-state index contributed by atoms with van der Waals surface area (Å²) in [5, 5.41) is 12.0. The predicted octanol–water partition coefficient (Wildman–Crippen LogP) is 1.15. The molecule has 0 spiro atoms. The van der Waals surface area contributed by atoms with E-state index in [2.05, 4.69) is 5.32 Å². The molecule has 0 bridgehead atoms. The summed E-state index contributed by atoms with van der Waals surface area (Å²) in [6, 6.07) is 4.54. The number of benzene rings is 1. The zero-order chi connectivity index (χ0) is 10.6. The van der Waals surface area contributed by atoms with Crippen LogP contribution in [-0.2, 0) is 0 Å². The maximum absolute atomic E-state index is 11.3. The fourth-order valence-corrected chi connectivity index (χ4v) is 1.09. The third kappa shape index (κ3) is 2.16. The van der Waals surface area contributed by atoms with Crippen LogP contribution in [0.4, 0.5) is 0 Å². The van der Waals surface area contributed by atoms with E-state index in [4.69, 9.17) is 4.74 Å². The summed E-state index contributed by atoms with van der Waals surface area (Å²) in [5.41, 5.74) is 0.421. The first-order valence-corrected chi connectivity index (χ1v) is 4.34. The van der Waals surface area contributed by atoms with Crippen molar-refractivity contribution in [3.05, 3.63) is 23.8 Å². The smallest absolute Gasteiger partial charge is 0.251 e. The van der Waals surface area contributed by atoms with Gasteiger partial charge in [-0.25, -0.2) is 0 Å². The van der Waals surface area contributed by atoms with Crippen LogP contribution in [0.1, 0.15) is 17.3 Å². The van der Waals surface area contributed by atoms with Gasteiger partial charge >= 0.3 is 0 Å². The molecule has 0 saturated heterocycles. The second-order valence-corrected chi connectivity index (χ2v) is 2.75. The average Bonchev–Trinajstić information content (AvgIpc) is 2.18. The third-order valence-electron chi connectivity index (χ3n) is 1.78.